The fourth-order valence-corrected chi connectivity index (χ4v) is 2.66. The Balaban J connectivity index is 2.17. The van der Waals surface area contributed by atoms with Gasteiger partial charge in [0.05, 0.1) is 6.04 Å². The van der Waals surface area contributed by atoms with Crippen molar-refractivity contribution in [3.8, 4) is 0 Å². The first-order valence-electron chi connectivity index (χ1n) is 3.96. The average Bonchev–Trinajstić information content (AvgIpc) is 2.63. The Morgan fingerprint density at radius 1 is 1.38 bits per heavy atom. The highest BCUT2D eigenvalue weighted by atomic mass is 32.2. The smallest absolute Gasteiger partial charge is 0.269 e. The summed E-state index contributed by atoms with van der Waals surface area (Å²) < 4.78 is 0. The van der Waals surface area contributed by atoms with E-state index in [2.05, 4.69) is 0 Å². The van der Waals surface area contributed by atoms with E-state index in [0.29, 0.717) is 0 Å². The zero-order valence-electron chi connectivity index (χ0n) is 6.78. The molecule has 0 saturated carbocycles. The standard InChI is InChI=1S/C7H8N2O3S/c10-5-6(11)9(7(12)8-5)4-1-2-13-3-4/h4H,1-3H2,(H,8,10,12). The molecule has 1 N–H and O–H groups in total. The zero-order chi connectivity index (χ0) is 9.42. The average molecular weight is 200 g/mol. The molecule has 1 atom stereocenters. The Hall–Kier alpha value is -1.04. The van der Waals surface area contributed by atoms with Gasteiger partial charge in [-0.25, -0.2) is 4.79 Å². The first kappa shape index (κ1) is 8.55. The van der Waals surface area contributed by atoms with Crippen LogP contribution in [-0.2, 0) is 9.59 Å². The largest absolute Gasteiger partial charge is 0.331 e. The molecule has 70 valence electrons. The summed E-state index contributed by atoms with van der Waals surface area (Å²) >= 11 is 1.69. The van der Waals surface area contributed by atoms with E-state index >= 15 is 0 Å². The maximum atomic E-state index is 11.2. The lowest BCUT2D eigenvalue weighted by Crippen LogP contribution is -2.40. The fourth-order valence-electron chi connectivity index (χ4n) is 1.47. The molecule has 0 spiro atoms. The Morgan fingerprint density at radius 3 is 2.62 bits per heavy atom. The summed E-state index contributed by atoms with van der Waals surface area (Å²) in [6.45, 7) is 0. The lowest BCUT2D eigenvalue weighted by Gasteiger charge is -2.17. The third-order valence-electron chi connectivity index (χ3n) is 2.12. The van der Waals surface area contributed by atoms with E-state index in [1.165, 1.54) is 0 Å². The lowest BCUT2D eigenvalue weighted by molar-refractivity contribution is -0.140. The summed E-state index contributed by atoms with van der Waals surface area (Å²) in [6, 6.07) is -0.661. The molecule has 0 aliphatic carbocycles. The zero-order valence-corrected chi connectivity index (χ0v) is 7.60. The molecular weight excluding hydrogens is 192 g/mol. The molecule has 4 amide bonds. The molecule has 1 unspecified atom stereocenters. The Kier molecular flexibility index (Phi) is 1.99. The number of nitrogens with zero attached hydrogens (tertiary/aromatic N) is 1. The SMILES string of the molecule is O=C1NC(=O)N(C2CCSC2)C1=O. The van der Waals surface area contributed by atoms with Crippen molar-refractivity contribution in [2.45, 2.75) is 12.5 Å². The van der Waals surface area contributed by atoms with E-state index in [4.69, 9.17) is 0 Å². The fraction of sp³-hybridized carbons (Fsp3) is 0.571. The van der Waals surface area contributed by atoms with Crippen LogP contribution in [0.4, 0.5) is 4.79 Å². The van der Waals surface area contributed by atoms with E-state index in [1.54, 1.807) is 11.8 Å². The molecule has 2 aliphatic rings. The van der Waals surface area contributed by atoms with Crippen molar-refractivity contribution in [1.82, 2.24) is 10.2 Å². The molecule has 2 aliphatic heterocycles. The number of hydrogen-bond donors (Lipinski definition) is 1. The number of nitrogens with one attached hydrogen (secondary N) is 1. The molecular formula is C7H8N2O3S. The molecule has 0 aromatic rings. The topological polar surface area (TPSA) is 66.5 Å². The highest BCUT2D eigenvalue weighted by Gasteiger charge is 2.42. The number of hydrogen-bond acceptors (Lipinski definition) is 4. The third kappa shape index (κ3) is 1.31. The number of urea groups is 1. The van der Waals surface area contributed by atoms with E-state index in [-0.39, 0.29) is 6.04 Å². The first-order valence-corrected chi connectivity index (χ1v) is 5.12. The number of rotatable bonds is 1. The minimum atomic E-state index is -0.804. The predicted octanol–water partition coefficient (Wildman–Crippen LogP) is -0.430. The number of carbonyl (C=O) groups excluding carboxylic acids is 3. The molecule has 0 radical (unpaired) electrons. The van der Waals surface area contributed by atoms with Crippen LogP contribution in [0.3, 0.4) is 0 Å². The number of carbonyl (C=O) groups is 3. The van der Waals surface area contributed by atoms with Crippen LogP contribution in [0.5, 0.6) is 0 Å². The quantitative estimate of drug-likeness (QED) is 0.460. The maximum Gasteiger partial charge on any atom is 0.331 e. The molecule has 6 heteroatoms. The van der Waals surface area contributed by atoms with Crippen molar-refractivity contribution in [3.05, 3.63) is 0 Å². The van der Waals surface area contributed by atoms with Gasteiger partial charge in [-0.05, 0) is 12.2 Å². The normalized spacial score (nSPS) is 28.5. The minimum Gasteiger partial charge on any atom is -0.269 e. The van der Waals surface area contributed by atoms with Gasteiger partial charge in [0.1, 0.15) is 0 Å². The van der Waals surface area contributed by atoms with E-state index in [9.17, 15) is 14.4 Å². The van der Waals surface area contributed by atoms with Crippen LogP contribution in [0.25, 0.3) is 0 Å². The van der Waals surface area contributed by atoms with Crippen molar-refractivity contribution < 1.29 is 14.4 Å². The summed E-state index contributed by atoms with van der Waals surface area (Å²) in [4.78, 5) is 34.2. The van der Waals surface area contributed by atoms with Crippen molar-refractivity contribution in [3.63, 3.8) is 0 Å². The van der Waals surface area contributed by atoms with Gasteiger partial charge < -0.3 is 0 Å². The van der Waals surface area contributed by atoms with Crippen LogP contribution in [-0.4, -0.2) is 40.3 Å². The monoisotopic (exact) mass is 200 g/mol. The van der Waals surface area contributed by atoms with Crippen LogP contribution in [0, 0.1) is 0 Å². The van der Waals surface area contributed by atoms with Crippen LogP contribution < -0.4 is 5.32 Å². The van der Waals surface area contributed by atoms with Crippen molar-refractivity contribution >= 4 is 29.6 Å². The van der Waals surface area contributed by atoms with E-state index in [1.807, 2.05) is 5.32 Å². The van der Waals surface area contributed by atoms with Crippen LogP contribution in [0.1, 0.15) is 6.42 Å². The van der Waals surface area contributed by atoms with Gasteiger partial charge in [-0.2, -0.15) is 11.8 Å². The maximum absolute atomic E-state index is 11.2. The van der Waals surface area contributed by atoms with Gasteiger partial charge in [0.15, 0.2) is 0 Å². The molecule has 2 heterocycles. The third-order valence-corrected chi connectivity index (χ3v) is 3.27. The van der Waals surface area contributed by atoms with Crippen molar-refractivity contribution in [2.75, 3.05) is 11.5 Å². The van der Waals surface area contributed by atoms with Crippen molar-refractivity contribution in [2.24, 2.45) is 0 Å². The molecule has 13 heavy (non-hydrogen) atoms. The van der Waals surface area contributed by atoms with Crippen LogP contribution in [0.2, 0.25) is 0 Å². The second-order valence-electron chi connectivity index (χ2n) is 2.95. The van der Waals surface area contributed by atoms with Gasteiger partial charge in [-0.15, -0.1) is 0 Å². The Labute approximate surface area is 78.8 Å². The summed E-state index contributed by atoms with van der Waals surface area (Å²) in [5, 5.41) is 1.98. The van der Waals surface area contributed by atoms with E-state index in [0.717, 1.165) is 22.8 Å². The highest BCUT2D eigenvalue weighted by molar-refractivity contribution is 7.99. The van der Waals surface area contributed by atoms with Gasteiger partial charge in [0.25, 0.3) is 0 Å². The summed E-state index contributed by atoms with van der Waals surface area (Å²) in [5.41, 5.74) is 0. The number of amides is 4. The molecule has 2 saturated heterocycles. The Bertz CT molecular complexity index is 285. The summed E-state index contributed by atoms with van der Waals surface area (Å²) in [7, 11) is 0. The first-order chi connectivity index (χ1) is 6.20. The van der Waals surface area contributed by atoms with Gasteiger partial charge in [0.2, 0.25) is 0 Å². The van der Waals surface area contributed by atoms with Crippen molar-refractivity contribution in [1.29, 1.82) is 0 Å². The molecule has 0 aromatic heterocycles. The second kappa shape index (κ2) is 3.02. The summed E-state index contributed by atoms with van der Waals surface area (Å²) in [5.74, 6) is 0.168. The molecule has 0 bridgehead atoms. The van der Waals surface area contributed by atoms with Gasteiger partial charge >= 0.3 is 17.8 Å². The van der Waals surface area contributed by atoms with Gasteiger partial charge in [-0.1, -0.05) is 0 Å². The van der Waals surface area contributed by atoms with Gasteiger partial charge in [-0.3, -0.25) is 19.8 Å². The van der Waals surface area contributed by atoms with Gasteiger partial charge in [0, 0.05) is 5.75 Å². The second-order valence-corrected chi connectivity index (χ2v) is 4.10. The lowest BCUT2D eigenvalue weighted by atomic mass is 10.2. The molecule has 2 rings (SSSR count). The summed E-state index contributed by atoms with van der Waals surface area (Å²) in [6.07, 6.45) is 0.789. The predicted molar refractivity (Wildman–Crippen MR) is 46.1 cm³/mol. The van der Waals surface area contributed by atoms with Crippen LogP contribution in [0.15, 0.2) is 0 Å². The minimum absolute atomic E-state index is 0.0936. The molecule has 5 nitrogen and oxygen atoms in total. The molecule has 2 fully saturated rings. The Morgan fingerprint density at radius 2 is 2.15 bits per heavy atom. The van der Waals surface area contributed by atoms with Crippen LogP contribution >= 0.6 is 11.8 Å². The highest BCUT2D eigenvalue weighted by Crippen LogP contribution is 2.23. The van der Waals surface area contributed by atoms with E-state index < -0.39 is 17.8 Å². The molecule has 0 aromatic carbocycles. The number of thioether (sulfide) groups is 1. The number of imide groups is 2.